The third-order valence-corrected chi connectivity index (χ3v) is 7.64. The van der Waals surface area contributed by atoms with Crippen LogP contribution in [0.3, 0.4) is 0 Å². The van der Waals surface area contributed by atoms with Crippen molar-refractivity contribution in [2.75, 3.05) is 12.4 Å². The zero-order valence-corrected chi connectivity index (χ0v) is 29.2. The fraction of sp³-hybridized carbons (Fsp3) is 0.381. The first-order valence-electron chi connectivity index (χ1n) is 10.5. The minimum absolute atomic E-state index is 0. The van der Waals surface area contributed by atoms with E-state index in [0.717, 1.165) is 22.7 Å². The molecule has 0 aromatic heterocycles. The molecule has 2 aliphatic heterocycles. The second-order valence-corrected chi connectivity index (χ2v) is 10.4. The van der Waals surface area contributed by atoms with E-state index in [2.05, 4.69) is 5.32 Å². The Labute approximate surface area is 298 Å². The van der Waals surface area contributed by atoms with Crippen LogP contribution in [-0.4, -0.2) is 81.6 Å². The standard InChI is InChI=1S/C21H22N2O11S2.3Na.3H/c24-14(8-11-4-1-2-5-13(11)36(31,32)33)22-17-19(28)23-18(21(29)30)12(10-35-20(17)23)9-34-16(27)7-3-6-15(25)26;;;;;;/h1-2,4-5,17,20H,3,6-10H2,(H,22,24)(H,25,26)(H,29,30)(H,31,32,33);;;;;;/q;3*+1;3*-1/t17-,20-;;;;;;/m1....../s1. The Morgan fingerprint density at radius 3 is 2.33 bits per heavy atom. The van der Waals surface area contributed by atoms with E-state index in [-0.39, 0.29) is 141 Å². The van der Waals surface area contributed by atoms with Gasteiger partial charge in [0.2, 0.25) is 5.91 Å². The van der Waals surface area contributed by atoms with Crippen LogP contribution in [0.2, 0.25) is 0 Å². The summed E-state index contributed by atoms with van der Waals surface area (Å²) in [6, 6.07) is 4.27. The van der Waals surface area contributed by atoms with Gasteiger partial charge in [-0.1, -0.05) is 18.2 Å². The van der Waals surface area contributed by atoms with Crippen LogP contribution < -0.4 is 94.0 Å². The van der Waals surface area contributed by atoms with E-state index in [1.807, 2.05) is 0 Å². The maximum absolute atomic E-state index is 12.7. The molecule has 4 N–H and O–H groups in total. The van der Waals surface area contributed by atoms with Crippen LogP contribution in [0.25, 0.3) is 0 Å². The molecule has 0 saturated carbocycles. The predicted octanol–water partition coefficient (Wildman–Crippen LogP) is -8.64. The minimum Gasteiger partial charge on any atom is -1.00 e. The molecule has 0 bridgehead atoms. The number of aliphatic carboxylic acids is 2. The number of β-lactam (4-membered cyclic amide) rings is 1. The van der Waals surface area contributed by atoms with Crippen molar-refractivity contribution >= 4 is 51.6 Å². The van der Waals surface area contributed by atoms with Crippen molar-refractivity contribution < 1.29 is 145 Å². The van der Waals surface area contributed by atoms with Crippen LogP contribution >= 0.6 is 11.8 Å². The van der Waals surface area contributed by atoms with Gasteiger partial charge in [0.1, 0.15) is 23.7 Å². The first-order valence-corrected chi connectivity index (χ1v) is 13.0. The number of nitrogens with zero attached hydrogens (tertiary/aromatic N) is 1. The van der Waals surface area contributed by atoms with Crippen LogP contribution in [0.4, 0.5) is 0 Å². The number of thioether (sulfide) groups is 1. The summed E-state index contributed by atoms with van der Waals surface area (Å²) in [5.74, 6) is -4.49. The quantitative estimate of drug-likeness (QED) is 0.0794. The number of esters is 1. The van der Waals surface area contributed by atoms with Crippen molar-refractivity contribution in [3.05, 3.63) is 41.1 Å². The Balaban J connectivity index is -0.00000120. The molecule has 1 fully saturated rings. The number of amides is 2. The van der Waals surface area contributed by atoms with E-state index in [1.54, 1.807) is 0 Å². The molecule has 1 saturated heterocycles. The molecular weight excluding hydrogens is 589 g/mol. The second kappa shape index (κ2) is 16.9. The molecular formula is C21H25N2Na3O11S2. The number of carbonyl (C=O) groups is 5. The van der Waals surface area contributed by atoms with Gasteiger partial charge in [-0.3, -0.25) is 28.6 Å². The molecule has 0 unspecified atom stereocenters. The molecule has 200 valence electrons. The van der Waals surface area contributed by atoms with Gasteiger partial charge in [-0.25, -0.2) is 4.79 Å². The van der Waals surface area contributed by atoms with Gasteiger partial charge in [0.25, 0.3) is 16.0 Å². The number of fused-ring (bicyclic) bond motifs is 1. The Hall–Kier alpha value is -0.430. The van der Waals surface area contributed by atoms with Crippen molar-refractivity contribution in [2.24, 2.45) is 0 Å². The minimum atomic E-state index is -4.57. The summed E-state index contributed by atoms with van der Waals surface area (Å²) in [5.41, 5.74) is -0.157. The number of rotatable bonds is 11. The molecule has 2 aliphatic rings. The molecule has 0 aliphatic carbocycles. The van der Waals surface area contributed by atoms with E-state index in [9.17, 15) is 42.0 Å². The van der Waals surface area contributed by atoms with Crippen LogP contribution in [0.15, 0.2) is 40.4 Å². The Kier molecular flexibility index (Phi) is 16.7. The fourth-order valence-corrected chi connectivity index (χ4v) is 5.77. The summed E-state index contributed by atoms with van der Waals surface area (Å²) in [7, 11) is -4.57. The largest absolute Gasteiger partial charge is 1.00 e. The average Bonchev–Trinajstić information content (AvgIpc) is 2.79. The normalized spacial score (nSPS) is 17.8. The Morgan fingerprint density at radius 2 is 1.74 bits per heavy atom. The van der Waals surface area contributed by atoms with E-state index in [0.29, 0.717) is 0 Å². The van der Waals surface area contributed by atoms with Gasteiger partial charge in [-0.2, -0.15) is 8.42 Å². The molecule has 1 aromatic rings. The van der Waals surface area contributed by atoms with Gasteiger partial charge in [0.15, 0.2) is 0 Å². The summed E-state index contributed by atoms with van der Waals surface area (Å²) < 4.78 is 37.4. The topological polar surface area (TPSA) is 205 Å². The number of hydrogen-bond donors (Lipinski definition) is 4. The summed E-state index contributed by atoms with van der Waals surface area (Å²) >= 11 is 1.15. The summed E-state index contributed by atoms with van der Waals surface area (Å²) in [6.07, 6.45) is -0.750. The molecule has 1 aromatic carbocycles. The van der Waals surface area contributed by atoms with Gasteiger partial charge in [0.05, 0.1) is 11.3 Å². The molecule has 0 radical (unpaired) electrons. The van der Waals surface area contributed by atoms with Crippen molar-refractivity contribution in [1.29, 1.82) is 0 Å². The van der Waals surface area contributed by atoms with E-state index < -0.39 is 62.6 Å². The van der Waals surface area contributed by atoms with Crippen molar-refractivity contribution in [2.45, 2.75) is 42.0 Å². The number of ether oxygens (including phenoxy) is 1. The molecule has 3 rings (SSSR count). The van der Waals surface area contributed by atoms with Gasteiger partial charge in [-0.15, -0.1) is 11.8 Å². The van der Waals surface area contributed by atoms with Crippen LogP contribution in [0.1, 0.15) is 29.1 Å². The third kappa shape index (κ3) is 10.1. The summed E-state index contributed by atoms with van der Waals surface area (Å²) in [4.78, 5) is 60.0. The molecule has 2 amide bonds. The summed E-state index contributed by atoms with van der Waals surface area (Å²) in [6.45, 7) is -0.388. The second-order valence-electron chi connectivity index (χ2n) is 7.88. The number of carboxylic acid groups (broad SMARTS) is 2. The average molecular weight is 615 g/mol. The molecule has 18 heteroatoms. The van der Waals surface area contributed by atoms with Crippen molar-refractivity contribution in [3.63, 3.8) is 0 Å². The van der Waals surface area contributed by atoms with Gasteiger partial charge in [-0.05, 0) is 18.1 Å². The monoisotopic (exact) mass is 614 g/mol. The Bertz CT molecular complexity index is 1270. The van der Waals surface area contributed by atoms with Gasteiger partial charge >= 0.3 is 107 Å². The summed E-state index contributed by atoms with van der Waals surface area (Å²) in [5, 5.41) is 20.0. The number of nitrogens with one attached hydrogen (secondary N) is 1. The molecule has 39 heavy (non-hydrogen) atoms. The number of benzene rings is 1. The van der Waals surface area contributed by atoms with Crippen LogP contribution in [0.5, 0.6) is 0 Å². The van der Waals surface area contributed by atoms with E-state index >= 15 is 0 Å². The van der Waals surface area contributed by atoms with E-state index in [4.69, 9.17) is 9.84 Å². The van der Waals surface area contributed by atoms with Gasteiger partial charge < -0.3 is 24.5 Å². The zero-order chi connectivity index (χ0) is 26.6. The molecule has 2 atom stereocenters. The number of carboxylic acids is 2. The number of hydrogen-bond acceptors (Lipinski definition) is 9. The van der Waals surface area contributed by atoms with Crippen molar-refractivity contribution in [3.8, 4) is 0 Å². The fourth-order valence-electron chi connectivity index (χ4n) is 3.72. The smallest absolute Gasteiger partial charge is 1.00 e. The zero-order valence-electron chi connectivity index (χ0n) is 24.6. The first kappa shape index (κ1) is 38.6. The maximum Gasteiger partial charge on any atom is 1.00 e. The third-order valence-electron chi connectivity index (χ3n) is 5.35. The van der Waals surface area contributed by atoms with Crippen LogP contribution in [0, 0.1) is 0 Å². The SMILES string of the molecule is O=C(O)CCCC(=O)OCC1=C(C(=O)O)N2C(=O)[C@@H](NC(=O)Cc3ccccc3S(=O)(=O)O)[C@H]2SC1.[H-].[H-].[H-].[Na+].[Na+].[Na+]. The van der Waals surface area contributed by atoms with Gasteiger partial charge in [0, 0.05) is 24.2 Å². The van der Waals surface area contributed by atoms with E-state index in [1.165, 1.54) is 18.2 Å². The molecule has 2 heterocycles. The number of carbonyl (C=O) groups excluding carboxylic acids is 3. The molecule has 0 spiro atoms. The predicted molar refractivity (Wildman–Crippen MR) is 125 cm³/mol. The molecule has 13 nitrogen and oxygen atoms in total. The Morgan fingerprint density at radius 1 is 1.10 bits per heavy atom. The van der Waals surface area contributed by atoms with Crippen LogP contribution in [-0.2, 0) is 45.2 Å². The first-order chi connectivity index (χ1) is 16.9. The maximum atomic E-state index is 12.7. The van der Waals surface area contributed by atoms with Crippen molar-refractivity contribution in [1.82, 2.24) is 10.2 Å².